The van der Waals surface area contributed by atoms with Crippen LogP contribution in [0.25, 0.3) is 0 Å². The van der Waals surface area contributed by atoms with Crippen LogP contribution in [0.5, 0.6) is 5.75 Å². The van der Waals surface area contributed by atoms with Gasteiger partial charge in [-0.25, -0.2) is 4.39 Å². The number of ether oxygens (including phenoxy) is 1. The molecule has 0 saturated carbocycles. The molecule has 0 radical (unpaired) electrons. The van der Waals surface area contributed by atoms with Crippen molar-refractivity contribution in [2.24, 2.45) is 0 Å². The molecule has 19 heavy (non-hydrogen) atoms. The van der Waals surface area contributed by atoms with Crippen molar-refractivity contribution in [3.63, 3.8) is 0 Å². The Kier molecular flexibility index (Phi) is 4.06. The van der Waals surface area contributed by atoms with Crippen LogP contribution in [0, 0.1) is 5.82 Å². The van der Waals surface area contributed by atoms with Crippen molar-refractivity contribution in [3.8, 4) is 5.75 Å². The fourth-order valence-electron chi connectivity index (χ4n) is 1.57. The largest absolute Gasteiger partial charge is 0.494 e. The Bertz CT molecular complexity index is 574. The van der Waals surface area contributed by atoms with Crippen molar-refractivity contribution in [2.75, 3.05) is 7.11 Å². The summed E-state index contributed by atoms with van der Waals surface area (Å²) in [5.41, 5.74) is 0.903. The summed E-state index contributed by atoms with van der Waals surface area (Å²) in [6.45, 7) is 1.76. The van der Waals surface area contributed by atoms with E-state index in [0.717, 1.165) is 11.7 Å². The Morgan fingerprint density at radius 1 is 1.53 bits per heavy atom. The third kappa shape index (κ3) is 3.05. The molecule has 0 aliphatic heterocycles. The van der Waals surface area contributed by atoms with E-state index in [1.54, 1.807) is 13.0 Å². The van der Waals surface area contributed by atoms with Crippen LogP contribution >= 0.6 is 11.7 Å². The first kappa shape index (κ1) is 13.4. The number of nitrogens with zero attached hydrogens (tertiary/aromatic N) is 2. The van der Waals surface area contributed by atoms with Crippen molar-refractivity contribution in [3.05, 3.63) is 41.5 Å². The highest BCUT2D eigenvalue weighted by Gasteiger charge is 2.15. The Hall–Kier alpha value is -2.02. The molecule has 1 amide bonds. The Balaban J connectivity index is 2.09. The first-order valence-electron chi connectivity index (χ1n) is 5.53. The minimum absolute atomic E-state index is 0.172. The van der Waals surface area contributed by atoms with Gasteiger partial charge >= 0.3 is 0 Å². The molecule has 1 N–H and O–H groups in total. The predicted molar refractivity (Wildman–Crippen MR) is 68.7 cm³/mol. The minimum atomic E-state index is -0.462. The Morgan fingerprint density at radius 2 is 2.32 bits per heavy atom. The second-order valence-corrected chi connectivity index (χ2v) is 4.44. The molecule has 0 fully saturated rings. The molecule has 2 aromatic rings. The number of hydrogen-bond acceptors (Lipinski definition) is 5. The number of amides is 1. The van der Waals surface area contributed by atoms with Gasteiger partial charge in [-0.1, -0.05) is 6.07 Å². The maximum atomic E-state index is 13.6. The van der Waals surface area contributed by atoms with Crippen LogP contribution in [0.2, 0.25) is 0 Å². The lowest BCUT2D eigenvalue weighted by Crippen LogP contribution is -2.26. The molecule has 1 aromatic heterocycles. The van der Waals surface area contributed by atoms with Gasteiger partial charge in [-0.05, 0) is 24.6 Å². The summed E-state index contributed by atoms with van der Waals surface area (Å²) in [5.74, 6) is -0.625. The summed E-state index contributed by atoms with van der Waals surface area (Å²) >= 11 is 0.961. The molecule has 0 spiro atoms. The minimum Gasteiger partial charge on any atom is -0.494 e. The molecular weight excluding hydrogens is 269 g/mol. The lowest BCUT2D eigenvalue weighted by molar-refractivity contribution is 0.0935. The Morgan fingerprint density at radius 3 is 2.89 bits per heavy atom. The fraction of sp³-hybridized carbons (Fsp3) is 0.250. The molecule has 0 bridgehead atoms. The SMILES string of the molecule is COc1ccc([C@@H](C)NC(=O)c2cnsn2)cc1F. The van der Waals surface area contributed by atoms with Crippen LogP contribution in [-0.2, 0) is 0 Å². The highest BCUT2D eigenvalue weighted by atomic mass is 32.1. The number of halogens is 1. The third-order valence-electron chi connectivity index (χ3n) is 2.62. The van der Waals surface area contributed by atoms with Crippen molar-refractivity contribution in [2.45, 2.75) is 13.0 Å². The van der Waals surface area contributed by atoms with Crippen molar-refractivity contribution < 1.29 is 13.9 Å². The van der Waals surface area contributed by atoms with Crippen LogP contribution in [0.15, 0.2) is 24.4 Å². The maximum absolute atomic E-state index is 13.6. The van der Waals surface area contributed by atoms with Crippen molar-refractivity contribution in [1.82, 2.24) is 14.1 Å². The maximum Gasteiger partial charge on any atom is 0.273 e. The molecule has 5 nitrogen and oxygen atoms in total. The number of rotatable bonds is 4. The van der Waals surface area contributed by atoms with Gasteiger partial charge in [0, 0.05) is 0 Å². The highest BCUT2D eigenvalue weighted by molar-refractivity contribution is 6.99. The molecule has 7 heteroatoms. The van der Waals surface area contributed by atoms with E-state index < -0.39 is 5.82 Å². The molecule has 0 saturated heterocycles. The van der Waals surface area contributed by atoms with E-state index >= 15 is 0 Å². The molecule has 2 rings (SSSR count). The molecule has 1 atom stereocenters. The molecule has 1 aromatic carbocycles. The second kappa shape index (κ2) is 5.75. The summed E-state index contributed by atoms with van der Waals surface area (Å²) in [4.78, 5) is 11.8. The number of aromatic nitrogens is 2. The zero-order valence-corrected chi connectivity index (χ0v) is 11.2. The summed E-state index contributed by atoms with van der Waals surface area (Å²) in [7, 11) is 1.40. The van der Waals surface area contributed by atoms with E-state index in [2.05, 4.69) is 14.1 Å². The van der Waals surface area contributed by atoms with E-state index in [-0.39, 0.29) is 23.4 Å². The standard InChI is InChI=1S/C12H12FN3O2S/c1-7(15-12(17)10-6-14-19-16-10)8-3-4-11(18-2)9(13)5-8/h3-7H,1-2H3,(H,15,17)/t7-/m1/s1. The zero-order chi connectivity index (χ0) is 13.8. The van der Waals surface area contributed by atoms with E-state index in [9.17, 15) is 9.18 Å². The smallest absolute Gasteiger partial charge is 0.273 e. The van der Waals surface area contributed by atoms with E-state index in [1.807, 2.05) is 0 Å². The average molecular weight is 281 g/mol. The molecule has 0 aliphatic carbocycles. The third-order valence-corrected chi connectivity index (χ3v) is 3.10. The summed E-state index contributed by atoms with van der Waals surface area (Å²) in [6, 6.07) is 4.22. The summed E-state index contributed by atoms with van der Waals surface area (Å²) in [6.07, 6.45) is 1.39. The van der Waals surface area contributed by atoms with Crippen LogP contribution in [0.4, 0.5) is 4.39 Å². The topological polar surface area (TPSA) is 64.1 Å². The first-order chi connectivity index (χ1) is 9.11. The first-order valence-corrected chi connectivity index (χ1v) is 6.26. The van der Waals surface area contributed by atoms with Gasteiger partial charge in [0.05, 0.1) is 31.1 Å². The van der Waals surface area contributed by atoms with Gasteiger partial charge in [-0.15, -0.1) is 0 Å². The van der Waals surface area contributed by atoms with Gasteiger partial charge in [0.2, 0.25) is 0 Å². The molecule has 0 unspecified atom stereocenters. The average Bonchev–Trinajstić information content (AvgIpc) is 2.92. The van der Waals surface area contributed by atoms with E-state index in [0.29, 0.717) is 5.56 Å². The van der Waals surface area contributed by atoms with Gasteiger partial charge in [-0.2, -0.15) is 8.75 Å². The summed E-state index contributed by atoms with van der Waals surface area (Å²) < 4.78 is 26.0. The van der Waals surface area contributed by atoms with Gasteiger partial charge < -0.3 is 10.1 Å². The summed E-state index contributed by atoms with van der Waals surface area (Å²) in [5, 5.41) is 2.72. The number of methoxy groups -OCH3 is 1. The second-order valence-electron chi connectivity index (χ2n) is 3.88. The lowest BCUT2D eigenvalue weighted by atomic mass is 10.1. The van der Waals surface area contributed by atoms with Gasteiger partial charge in [0.25, 0.3) is 5.91 Å². The Labute approximate surface area is 113 Å². The zero-order valence-electron chi connectivity index (χ0n) is 10.4. The molecular formula is C12H12FN3O2S. The normalized spacial score (nSPS) is 11.9. The number of carbonyl (C=O) groups is 1. The predicted octanol–water partition coefficient (Wildman–Crippen LogP) is 2.18. The number of carbonyl (C=O) groups excluding carboxylic acids is 1. The molecule has 1 heterocycles. The molecule has 100 valence electrons. The van der Waals surface area contributed by atoms with Gasteiger partial charge in [0.15, 0.2) is 17.3 Å². The number of benzene rings is 1. The fourth-order valence-corrected chi connectivity index (χ4v) is 1.98. The quantitative estimate of drug-likeness (QED) is 0.933. The van der Waals surface area contributed by atoms with E-state index in [1.165, 1.54) is 25.4 Å². The van der Waals surface area contributed by atoms with Gasteiger partial charge in [-0.3, -0.25) is 4.79 Å². The van der Waals surface area contributed by atoms with Gasteiger partial charge in [0.1, 0.15) is 0 Å². The van der Waals surface area contributed by atoms with Crippen LogP contribution < -0.4 is 10.1 Å². The number of hydrogen-bond donors (Lipinski definition) is 1. The van der Waals surface area contributed by atoms with Crippen LogP contribution in [-0.4, -0.2) is 21.8 Å². The van der Waals surface area contributed by atoms with Crippen LogP contribution in [0.1, 0.15) is 29.0 Å². The lowest BCUT2D eigenvalue weighted by Gasteiger charge is -2.14. The molecule has 0 aliphatic rings. The van der Waals surface area contributed by atoms with E-state index in [4.69, 9.17) is 4.74 Å². The van der Waals surface area contributed by atoms with Crippen molar-refractivity contribution >= 4 is 17.6 Å². The van der Waals surface area contributed by atoms with Crippen molar-refractivity contribution in [1.29, 1.82) is 0 Å². The highest BCUT2D eigenvalue weighted by Crippen LogP contribution is 2.21. The van der Waals surface area contributed by atoms with Crippen LogP contribution in [0.3, 0.4) is 0 Å². The monoisotopic (exact) mass is 281 g/mol. The number of nitrogens with one attached hydrogen (secondary N) is 1.